The van der Waals surface area contributed by atoms with Gasteiger partial charge in [-0.25, -0.2) is 0 Å². The lowest BCUT2D eigenvalue weighted by atomic mass is 10.2. The summed E-state index contributed by atoms with van der Waals surface area (Å²) in [7, 11) is 0. The second-order valence-electron chi connectivity index (χ2n) is 3.87. The largest absolute Gasteiger partial charge is 0.395 e. The van der Waals surface area contributed by atoms with Gasteiger partial charge in [-0.05, 0) is 18.2 Å². The van der Waals surface area contributed by atoms with Crippen molar-refractivity contribution < 1.29 is 5.11 Å². The van der Waals surface area contributed by atoms with Crippen LogP contribution >= 0.6 is 0 Å². The maximum Gasteiger partial charge on any atom is 0.0610 e. The smallest absolute Gasteiger partial charge is 0.0610 e. The van der Waals surface area contributed by atoms with E-state index in [0.717, 1.165) is 13.1 Å². The van der Waals surface area contributed by atoms with Crippen LogP contribution in [-0.2, 0) is 13.1 Å². The Balaban J connectivity index is 2.40. The average Bonchev–Trinajstić information content (AvgIpc) is 2.66. The minimum atomic E-state index is 0.180. The van der Waals surface area contributed by atoms with E-state index in [1.807, 2.05) is 6.07 Å². The first-order valence-electron chi connectivity index (χ1n) is 5.75. The highest BCUT2D eigenvalue weighted by Gasteiger charge is 2.06. The highest BCUT2D eigenvalue weighted by atomic mass is 16.3. The molecule has 1 aromatic heterocycles. The highest BCUT2D eigenvalue weighted by Crippen LogP contribution is 2.20. The number of para-hydroxylation sites is 1. The first-order valence-corrected chi connectivity index (χ1v) is 5.75. The second-order valence-corrected chi connectivity index (χ2v) is 3.87. The van der Waals surface area contributed by atoms with Gasteiger partial charge in [0, 0.05) is 30.2 Å². The lowest BCUT2D eigenvalue weighted by molar-refractivity contribution is 0.278. The first kappa shape index (κ1) is 11.2. The number of nitrogens with one attached hydrogen (secondary N) is 1. The molecule has 0 atom stereocenters. The molecule has 0 radical (unpaired) electrons. The number of aliphatic hydroxyl groups is 1. The third-order valence-corrected chi connectivity index (χ3v) is 2.78. The Bertz CT molecular complexity index is 462. The zero-order chi connectivity index (χ0) is 11.4. The molecule has 0 aliphatic carbocycles. The van der Waals surface area contributed by atoms with Gasteiger partial charge in [0.25, 0.3) is 0 Å². The summed E-state index contributed by atoms with van der Waals surface area (Å²) in [6, 6.07) is 8.32. The maximum absolute atomic E-state index is 9.03. The molecule has 86 valence electrons. The summed E-state index contributed by atoms with van der Waals surface area (Å²) in [5.74, 6) is 0. The monoisotopic (exact) mass is 218 g/mol. The Hall–Kier alpha value is -1.32. The first-order chi connectivity index (χ1) is 7.86. The average molecular weight is 218 g/mol. The van der Waals surface area contributed by atoms with Crippen molar-refractivity contribution >= 4 is 10.9 Å². The zero-order valence-corrected chi connectivity index (χ0v) is 9.61. The number of aromatic nitrogens is 1. The Morgan fingerprint density at radius 3 is 2.88 bits per heavy atom. The van der Waals surface area contributed by atoms with Crippen molar-refractivity contribution in [3.8, 4) is 0 Å². The zero-order valence-electron chi connectivity index (χ0n) is 9.61. The normalized spacial score (nSPS) is 11.1. The number of nitrogens with zero attached hydrogens (tertiary/aromatic N) is 1. The van der Waals surface area contributed by atoms with Crippen molar-refractivity contribution in [3.05, 3.63) is 36.0 Å². The van der Waals surface area contributed by atoms with E-state index in [4.69, 9.17) is 5.11 Å². The molecule has 16 heavy (non-hydrogen) atoms. The van der Waals surface area contributed by atoms with Gasteiger partial charge in [0.05, 0.1) is 6.61 Å². The van der Waals surface area contributed by atoms with Crippen molar-refractivity contribution in [2.24, 2.45) is 0 Å². The molecule has 2 aromatic rings. The Morgan fingerprint density at radius 2 is 2.12 bits per heavy atom. The summed E-state index contributed by atoms with van der Waals surface area (Å²) < 4.78 is 2.11. The van der Waals surface area contributed by atoms with Crippen LogP contribution in [0.3, 0.4) is 0 Å². The van der Waals surface area contributed by atoms with Crippen molar-refractivity contribution in [3.63, 3.8) is 0 Å². The van der Waals surface area contributed by atoms with E-state index in [1.165, 1.54) is 16.5 Å². The Labute approximate surface area is 95.7 Å². The van der Waals surface area contributed by atoms with E-state index in [0.29, 0.717) is 6.54 Å². The second kappa shape index (κ2) is 5.14. The predicted octanol–water partition coefficient (Wildman–Crippen LogP) is 1.74. The van der Waals surface area contributed by atoms with Gasteiger partial charge in [0.15, 0.2) is 0 Å². The van der Waals surface area contributed by atoms with Crippen LogP contribution in [0.4, 0.5) is 0 Å². The van der Waals surface area contributed by atoms with E-state index in [2.05, 4.69) is 41.2 Å². The fourth-order valence-corrected chi connectivity index (χ4v) is 2.02. The van der Waals surface area contributed by atoms with E-state index in [1.54, 1.807) is 0 Å². The molecule has 1 heterocycles. The van der Waals surface area contributed by atoms with E-state index < -0.39 is 0 Å². The minimum absolute atomic E-state index is 0.180. The molecule has 0 amide bonds. The summed E-state index contributed by atoms with van der Waals surface area (Å²) >= 11 is 0. The fraction of sp³-hybridized carbons (Fsp3) is 0.385. The van der Waals surface area contributed by atoms with Gasteiger partial charge < -0.3 is 15.0 Å². The summed E-state index contributed by atoms with van der Waals surface area (Å²) in [6.07, 6.45) is 2.13. The van der Waals surface area contributed by atoms with Crippen LogP contribution in [0.15, 0.2) is 30.5 Å². The van der Waals surface area contributed by atoms with Crippen LogP contribution in [0.5, 0.6) is 0 Å². The van der Waals surface area contributed by atoms with Crippen molar-refractivity contribution in [1.82, 2.24) is 9.88 Å². The van der Waals surface area contributed by atoms with Crippen LogP contribution in [0.2, 0.25) is 0 Å². The molecule has 0 saturated heterocycles. The number of benzene rings is 1. The van der Waals surface area contributed by atoms with Crippen LogP contribution in [0, 0.1) is 0 Å². The highest BCUT2D eigenvalue weighted by molar-refractivity contribution is 5.83. The number of hydrogen-bond acceptors (Lipinski definition) is 2. The summed E-state index contributed by atoms with van der Waals surface area (Å²) in [4.78, 5) is 0. The van der Waals surface area contributed by atoms with Gasteiger partial charge in [-0.15, -0.1) is 0 Å². The molecule has 3 nitrogen and oxygen atoms in total. The molecule has 0 bridgehead atoms. The van der Waals surface area contributed by atoms with Gasteiger partial charge in [0.1, 0.15) is 0 Å². The third kappa shape index (κ3) is 2.10. The molecule has 0 unspecified atom stereocenters. The number of rotatable bonds is 5. The molecule has 3 heteroatoms. The number of aliphatic hydroxyl groups excluding tert-OH is 1. The van der Waals surface area contributed by atoms with E-state index in [-0.39, 0.29) is 6.61 Å². The third-order valence-electron chi connectivity index (χ3n) is 2.78. The maximum atomic E-state index is 9.03. The van der Waals surface area contributed by atoms with Crippen molar-refractivity contribution in [2.75, 3.05) is 13.2 Å². The molecule has 0 saturated carbocycles. The van der Waals surface area contributed by atoms with Crippen LogP contribution in [0.1, 0.15) is 12.5 Å². The summed E-state index contributed by atoms with van der Waals surface area (Å²) in [6.45, 7) is 4.80. The predicted molar refractivity (Wildman–Crippen MR) is 66.4 cm³/mol. The lowest BCUT2D eigenvalue weighted by Gasteiger charge is -2.00. The van der Waals surface area contributed by atoms with Gasteiger partial charge in [-0.3, -0.25) is 0 Å². The van der Waals surface area contributed by atoms with Gasteiger partial charge in [-0.2, -0.15) is 0 Å². The van der Waals surface area contributed by atoms with Crippen molar-refractivity contribution in [1.29, 1.82) is 0 Å². The van der Waals surface area contributed by atoms with E-state index >= 15 is 0 Å². The van der Waals surface area contributed by atoms with Gasteiger partial charge in [-0.1, -0.05) is 25.1 Å². The quantitative estimate of drug-likeness (QED) is 0.802. The van der Waals surface area contributed by atoms with Crippen LogP contribution in [-0.4, -0.2) is 22.8 Å². The van der Waals surface area contributed by atoms with Gasteiger partial charge in [0.2, 0.25) is 0 Å². The Morgan fingerprint density at radius 1 is 1.31 bits per heavy atom. The summed E-state index contributed by atoms with van der Waals surface area (Å²) in [5.41, 5.74) is 2.50. The molecule has 1 aromatic carbocycles. The molecule has 0 spiro atoms. The number of fused-ring (bicyclic) bond motifs is 1. The molecule has 2 rings (SSSR count). The Kier molecular flexibility index (Phi) is 3.59. The minimum Gasteiger partial charge on any atom is -0.395 e. The molecular weight excluding hydrogens is 200 g/mol. The van der Waals surface area contributed by atoms with E-state index in [9.17, 15) is 0 Å². The molecule has 0 fully saturated rings. The molecule has 0 aliphatic rings. The lowest BCUT2D eigenvalue weighted by Crippen LogP contribution is -2.11. The standard InChI is InChI=1S/C13H18N2O/c1-2-14-9-11-10-15(7-8-16)13-6-4-3-5-12(11)13/h3-6,10,14,16H,2,7-9H2,1H3. The molecule has 0 aliphatic heterocycles. The van der Waals surface area contributed by atoms with Gasteiger partial charge >= 0.3 is 0 Å². The van der Waals surface area contributed by atoms with Crippen molar-refractivity contribution in [2.45, 2.75) is 20.0 Å². The molecular formula is C13H18N2O. The van der Waals surface area contributed by atoms with Crippen LogP contribution < -0.4 is 5.32 Å². The molecule has 2 N–H and O–H groups in total. The topological polar surface area (TPSA) is 37.2 Å². The summed E-state index contributed by atoms with van der Waals surface area (Å²) in [5, 5.41) is 13.6. The SMILES string of the molecule is CCNCc1cn(CCO)c2ccccc12. The fourth-order valence-electron chi connectivity index (χ4n) is 2.02. The number of hydrogen-bond donors (Lipinski definition) is 2. The van der Waals surface area contributed by atoms with Crippen LogP contribution in [0.25, 0.3) is 10.9 Å².